The summed E-state index contributed by atoms with van der Waals surface area (Å²) in [6.07, 6.45) is 5.76. The summed E-state index contributed by atoms with van der Waals surface area (Å²) in [6, 6.07) is 11.7. The van der Waals surface area contributed by atoms with E-state index in [9.17, 15) is 18.5 Å². The maximum Gasteiger partial charge on any atom is 0.250 e. The summed E-state index contributed by atoms with van der Waals surface area (Å²) in [4.78, 5) is 12.6. The van der Waals surface area contributed by atoms with Crippen LogP contribution in [0.3, 0.4) is 0 Å². The molecule has 3 atom stereocenters. The first-order valence-corrected chi connectivity index (χ1v) is 10.7. The van der Waals surface area contributed by atoms with Crippen LogP contribution in [0.2, 0.25) is 0 Å². The molecule has 7 heteroatoms. The molecule has 1 aromatic heterocycles. The molecule has 0 bridgehead atoms. The average Bonchev–Trinajstić information content (AvgIpc) is 3.10. The maximum absolute atomic E-state index is 12.6. The lowest BCUT2D eigenvalue weighted by Gasteiger charge is -2.46. The van der Waals surface area contributed by atoms with Crippen LogP contribution in [-0.2, 0) is 26.7 Å². The Bertz CT molecular complexity index is 1110. The predicted octanol–water partition coefficient (Wildman–Crippen LogP) is 2.21. The van der Waals surface area contributed by atoms with Gasteiger partial charge in [0.15, 0.2) is 5.78 Å². The summed E-state index contributed by atoms with van der Waals surface area (Å²) >= 11 is 0. The summed E-state index contributed by atoms with van der Waals surface area (Å²) in [7, 11) is -3.53. The van der Waals surface area contributed by atoms with Crippen molar-refractivity contribution in [2.24, 2.45) is 11.8 Å². The van der Waals surface area contributed by atoms with Gasteiger partial charge in [0, 0.05) is 12.1 Å². The highest BCUT2D eigenvalue weighted by atomic mass is 32.2. The minimum Gasteiger partial charge on any atom is -0.293 e. The van der Waals surface area contributed by atoms with Crippen LogP contribution >= 0.6 is 0 Å². The number of hydrogen-bond acceptors (Lipinski definition) is 5. The number of aryl methyl sites for hydroxylation is 1. The second-order valence-corrected chi connectivity index (χ2v) is 9.18. The Morgan fingerprint density at radius 1 is 1.30 bits per heavy atom. The quantitative estimate of drug-likeness (QED) is 0.795. The number of benzene rings is 1. The van der Waals surface area contributed by atoms with E-state index in [0.717, 1.165) is 27.9 Å². The van der Waals surface area contributed by atoms with Crippen LogP contribution in [0.4, 0.5) is 0 Å². The monoisotopic (exact) mass is 381 g/mol. The minimum absolute atomic E-state index is 0.0834. The number of fused-ring (bicyclic) bond motifs is 3. The second kappa shape index (κ2) is 5.89. The molecule has 0 amide bonds. The number of rotatable bonds is 2. The summed E-state index contributed by atoms with van der Waals surface area (Å²) in [5.74, 6) is -0.582. The fourth-order valence-corrected chi connectivity index (χ4v) is 5.13. The first-order chi connectivity index (χ1) is 12.8. The van der Waals surface area contributed by atoms with E-state index >= 15 is 0 Å². The summed E-state index contributed by atoms with van der Waals surface area (Å²) in [6.45, 7) is 1.85. The number of allylic oxidation sites excluding steroid dienone is 2. The zero-order valence-corrected chi connectivity index (χ0v) is 15.9. The molecule has 27 heavy (non-hydrogen) atoms. The van der Waals surface area contributed by atoms with Gasteiger partial charge in [0.2, 0.25) is 0 Å². The van der Waals surface area contributed by atoms with Crippen LogP contribution in [0.5, 0.6) is 0 Å². The van der Waals surface area contributed by atoms with E-state index in [0.29, 0.717) is 12.1 Å². The van der Waals surface area contributed by atoms with E-state index in [1.807, 2.05) is 43.3 Å². The van der Waals surface area contributed by atoms with Gasteiger partial charge in [-0.05, 0) is 36.0 Å². The van der Waals surface area contributed by atoms with Gasteiger partial charge in [0.05, 0.1) is 22.9 Å². The van der Waals surface area contributed by atoms with Crippen molar-refractivity contribution in [3.63, 3.8) is 0 Å². The average molecular weight is 381 g/mol. The molecule has 0 fully saturated rings. The lowest BCUT2D eigenvalue weighted by atomic mass is 9.54. The number of aromatic nitrogens is 2. The van der Waals surface area contributed by atoms with Gasteiger partial charge in [0.25, 0.3) is 10.0 Å². The first kappa shape index (κ1) is 17.7. The molecule has 0 aliphatic heterocycles. The smallest absolute Gasteiger partial charge is 0.250 e. The van der Waals surface area contributed by atoms with Gasteiger partial charge in [-0.3, -0.25) is 4.79 Å². The Labute approximate surface area is 158 Å². The summed E-state index contributed by atoms with van der Waals surface area (Å²) in [5, 5.41) is 14.0. The van der Waals surface area contributed by atoms with Crippen molar-refractivity contribution >= 4 is 15.8 Å². The standard InChI is InChI=1S/C20H19N3O3S/c1-13-17-9-8-14-12-23(27(2,25)26)22-19(14)20(17,10-15(11-21)18(13)24)16-6-4-3-5-7-16/h3-7,10,12-13,17H,8-9H2,1-2H3/t13-,17?,20+/m0/s1. The van der Waals surface area contributed by atoms with Gasteiger partial charge in [-0.15, -0.1) is 0 Å². The van der Waals surface area contributed by atoms with Crippen molar-refractivity contribution in [2.45, 2.75) is 25.2 Å². The lowest BCUT2D eigenvalue weighted by Crippen LogP contribution is -2.48. The molecule has 138 valence electrons. The molecule has 6 nitrogen and oxygen atoms in total. The van der Waals surface area contributed by atoms with Crippen LogP contribution in [0.25, 0.3) is 0 Å². The molecule has 4 rings (SSSR count). The third kappa shape index (κ3) is 2.47. The molecule has 1 heterocycles. The van der Waals surface area contributed by atoms with Crippen molar-refractivity contribution in [3.05, 3.63) is 65.0 Å². The molecule has 0 N–H and O–H groups in total. The van der Waals surface area contributed by atoms with Crippen molar-refractivity contribution in [1.29, 1.82) is 5.26 Å². The molecule has 2 aliphatic rings. The van der Waals surface area contributed by atoms with E-state index in [4.69, 9.17) is 0 Å². The van der Waals surface area contributed by atoms with Crippen LogP contribution in [0.1, 0.15) is 30.2 Å². The zero-order chi connectivity index (χ0) is 19.4. The first-order valence-electron chi connectivity index (χ1n) is 8.81. The maximum atomic E-state index is 12.6. The Morgan fingerprint density at radius 2 is 2.00 bits per heavy atom. The fourth-order valence-electron chi connectivity index (χ4n) is 4.58. The van der Waals surface area contributed by atoms with E-state index in [1.54, 1.807) is 12.3 Å². The lowest BCUT2D eigenvalue weighted by molar-refractivity contribution is -0.121. The third-order valence-electron chi connectivity index (χ3n) is 5.84. The Hall–Kier alpha value is -2.72. The topological polar surface area (TPSA) is 92.8 Å². The third-order valence-corrected chi connectivity index (χ3v) is 6.70. The predicted molar refractivity (Wildman–Crippen MR) is 99.4 cm³/mol. The van der Waals surface area contributed by atoms with Gasteiger partial charge >= 0.3 is 0 Å². The molecule has 1 aromatic carbocycles. The largest absolute Gasteiger partial charge is 0.293 e. The van der Waals surface area contributed by atoms with Crippen LogP contribution < -0.4 is 0 Å². The van der Waals surface area contributed by atoms with Crippen LogP contribution in [0, 0.1) is 23.2 Å². The Kier molecular flexibility index (Phi) is 3.86. The highest BCUT2D eigenvalue weighted by molar-refractivity contribution is 7.89. The van der Waals surface area contributed by atoms with Crippen molar-refractivity contribution in [1.82, 2.24) is 9.19 Å². The van der Waals surface area contributed by atoms with Gasteiger partial charge in [-0.1, -0.05) is 37.3 Å². The Morgan fingerprint density at radius 3 is 2.63 bits per heavy atom. The van der Waals surface area contributed by atoms with Crippen molar-refractivity contribution in [2.75, 3.05) is 6.26 Å². The van der Waals surface area contributed by atoms with E-state index in [2.05, 4.69) is 5.10 Å². The highest BCUT2D eigenvalue weighted by Gasteiger charge is 2.53. The molecule has 0 spiro atoms. The van der Waals surface area contributed by atoms with Crippen molar-refractivity contribution < 1.29 is 13.2 Å². The molecule has 0 saturated carbocycles. The van der Waals surface area contributed by atoms with Crippen LogP contribution in [0.15, 0.2) is 48.2 Å². The summed E-state index contributed by atoms with van der Waals surface area (Å²) in [5.41, 5.74) is 1.72. The normalized spacial score (nSPS) is 27.3. The molecule has 2 aliphatic carbocycles. The number of ketones is 1. The number of Topliss-reactive ketones (excluding diaryl/α,β-unsaturated/α-hetero) is 1. The molecule has 0 saturated heterocycles. The fraction of sp³-hybridized carbons (Fsp3) is 0.350. The van der Waals surface area contributed by atoms with Crippen molar-refractivity contribution in [3.8, 4) is 6.07 Å². The molecular formula is C20H19N3O3S. The van der Waals surface area contributed by atoms with E-state index < -0.39 is 15.4 Å². The van der Waals surface area contributed by atoms with E-state index in [1.165, 1.54) is 0 Å². The van der Waals surface area contributed by atoms with E-state index in [-0.39, 0.29) is 23.2 Å². The Balaban J connectivity index is 2.09. The molecule has 2 aromatic rings. The number of nitrogens with zero attached hydrogens (tertiary/aromatic N) is 3. The molecule has 0 radical (unpaired) electrons. The van der Waals surface area contributed by atoms with Gasteiger partial charge < -0.3 is 0 Å². The highest BCUT2D eigenvalue weighted by Crippen LogP contribution is 2.53. The molecular weight excluding hydrogens is 362 g/mol. The number of carbonyl (C=O) groups is 1. The van der Waals surface area contributed by atoms with Gasteiger partial charge in [-0.25, -0.2) is 8.42 Å². The zero-order valence-electron chi connectivity index (χ0n) is 15.1. The van der Waals surface area contributed by atoms with Crippen LogP contribution in [-0.4, -0.2) is 29.6 Å². The minimum atomic E-state index is -3.53. The molecule has 1 unspecified atom stereocenters. The van der Waals surface area contributed by atoms with Gasteiger partial charge in [-0.2, -0.15) is 14.4 Å². The second-order valence-electron chi connectivity index (χ2n) is 7.34. The van der Waals surface area contributed by atoms with Gasteiger partial charge in [0.1, 0.15) is 6.07 Å². The number of nitriles is 1. The SMILES string of the molecule is C[C@@H]1C(=O)C(C#N)=C[C@]2(c3ccccc3)c3nn(S(C)(=O)=O)cc3CCC12. The number of hydrogen-bond donors (Lipinski definition) is 0. The summed E-state index contributed by atoms with van der Waals surface area (Å²) < 4.78 is 25.1. The number of carbonyl (C=O) groups excluding carboxylic acids is 1.